The largest absolute Gasteiger partial charge is 0.493 e. The number of hydrogen-bond donors (Lipinski definition) is 1. The van der Waals surface area contributed by atoms with Crippen molar-refractivity contribution in [3.8, 4) is 5.75 Å². The molecule has 188 valence electrons. The van der Waals surface area contributed by atoms with E-state index in [1.165, 1.54) is 0 Å². The van der Waals surface area contributed by atoms with Crippen LogP contribution in [0, 0.1) is 0 Å². The van der Waals surface area contributed by atoms with Crippen LogP contribution in [0.5, 0.6) is 5.75 Å². The van der Waals surface area contributed by atoms with Gasteiger partial charge in [0, 0.05) is 41.2 Å². The SMILES string of the molecule is COc1cc(C(=O)N2CC(C)(CC(C)O)OC[C@H]2C)cc2nc(CC(C)c3cc(Cl)ccn3)oc12. The quantitative estimate of drug-likeness (QED) is 0.504. The molecule has 1 fully saturated rings. The number of nitrogens with zero attached hydrogens (tertiary/aromatic N) is 3. The summed E-state index contributed by atoms with van der Waals surface area (Å²) in [5, 5.41) is 10.5. The third-order valence-corrected chi connectivity index (χ3v) is 6.63. The molecule has 3 unspecified atom stereocenters. The number of aromatic nitrogens is 2. The Labute approximate surface area is 210 Å². The Bertz CT molecular complexity index is 1210. The molecule has 3 heterocycles. The van der Waals surface area contributed by atoms with Gasteiger partial charge >= 0.3 is 0 Å². The molecule has 8 nitrogen and oxygen atoms in total. The molecule has 35 heavy (non-hydrogen) atoms. The van der Waals surface area contributed by atoms with Crippen LogP contribution in [0.1, 0.15) is 62.0 Å². The maximum Gasteiger partial charge on any atom is 0.254 e. The molecule has 1 N–H and O–H groups in total. The smallest absolute Gasteiger partial charge is 0.254 e. The molecule has 4 rings (SSSR count). The molecule has 1 saturated heterocycles. The highest BCUT2D eigenvalue weighted by atomic mass is 35.5. The molecule has 1 aliphatic heterocycles. The first-order valence-electron chi connectivity index (χ1n) is 11.8. The molecule has 0 radical (unpaired) electrons. The first kappa shape index (κ1) is 25.4. The number of ether oxygens (including phenoxy) is 2. The number of benzene rings is 1. The highest BCUT2D eigenvalue weighted by Crippen LogP contribution is 2.33. The average molecular weight is 502 g/mol. The second-order valence-electron chi connectivity index (χ2n) is 9.73. The van der Waals surface area contributed by atoms with Crippen molar-refractivity contribution in [2.24, 2.45) is 0 Å². The van der Waals surface area contributed by atoms with Crippen LogP contribution < -0.4 is 4.74 Å². The number of amides is 1. The van der Waals surface area contributed by atoms with E-state index in [2.05, 4.69) is 9.97 Å². The number of morpholine rings is 1. The van der Waals surface area contributed by atoms with E-state index in [1.807, 2.05) is 26.8 Å². The third-order valence-electron chi connectivity index (χ3n) is 6.39. The minimum Gasteiger partial charge on any atom is -0.493 e. The minimum absolute atomic E-state index is 0.0367. The molecule has 3 aromatic rings. The van der Waals surface area contributed by atoms with Gasteiger partial charge in [0.05, 0.1) is 38.0 Å². The van der Waals surface area contributed by atoms with Gasteiger partial charge in [-0.15, -0.1) is 0 Å². The zero-order chi connectivity index (χ0) is 25.3. The normalized spacial score (nSPS) is 22.3. The van der Waals surface area contributed by atoms with Crippen molar-refractivity contribution in [3.05, 3.63) is 52.6 Å². The van der Waals surface area contributed by atoms with E-state index in [-0.39, 0.29) is 17.9 Å². The van der Waals surface area contributed by atoms with Gasteiger partial charge < -0.3 is 23.9 Å². The highest BCUT2D eigenvalue weighted by Gasteiger charge is 2.39. The van der Waals surface area contributed by atoms with Gasteiger partial charge in [-0.1, -0.05) is 18.5 Å². The average Bonchev–Trinajstić information content (AvgIpc) is 3.21. The topological polar surface area (TPSA) is 97.9 Å². The maximum atomic E-state index is 13.6. The summed E-state index contributed by atoms with van der Waals surface area (Å²) >= 11 is 6.11. The lowest BCUT2D eigenvalue weighted by atomic mass is 9.94. The number of rotatable bonds is 7. The van der Waals surface area contributed by atoms with E-state index >= 15 is 0 Å². The maximum absolute atomic E-state index is 13.6. The van der Waals surface area contributed by atoms with Gasteiger partial charge in [-0.25, -0.2) is 4.98 Å². The van der Waals surface area contributed by atoms with Gasteiger partial charge in [0.15, 0.2) is 17.2 Å². The van der Waals surface area contributed by atoms with E-state index in [9.17, 15) is 9.90 Å². The molecule has 9 heteroatoms. The van der Waals surface area contributed by atoms with Crippen LogP contribution in [0.25, 0.3) is 11.1 Å². The van der Waals surface area contributed by atoms with Crippen LogP contribution in [0.2, 0.25) is 5.02 Å². The Morgan fingerprint density at radius 1 is 1.37 bits per heavy atom. The minimum atomic E-state index is -0.615. The lowest BCUT2D eigenvalue weighted by molar-refractivity contribution is -0.124. The molecule has 1 aromatic carbocycles. The van der Waals surface area contributed by atoms with Crippen molar-refractivity contribution >= 4 is 28.6 Å². The Hall–Kier alpha value is -2.68. The van der Waals surface area contributed by atoms with Crippen LogP contribution in [-0.2, 0) is 11.2 Å². The third kappa shape index (κ3) is 5.60. The van der Waals surface area contributed by atoms with Crippen molar-refractivity contribution in [3.63, 3.8) is 0 Å². The molecule has 4 atom stereocenters. The second-order valence-corrected chi connectivity index (χ2v) is 10.2. The summed E-state index contributed by atoms with van der Waals surface area (Å²) in [6.45, 7) is 8.42. The molecule has 0 bridgehead atoms. The fourth-order valence-electron chi connectivity index (χ4n) is 4.63. The van der Waals surface area contributed by atoms with E-state index < -0.39 is 11.7 Å². The second kappa shape index (κ2) is 10.1. The lowest BCUT2D eigenvalue weighted by Crippen LogP contribution is -2.57. The van der Waals surface area contributed by atoms with Gasteiger partial charge in [-0.3, -0.25) is 9.78 Å². The van der Waals surface area contributed by atoms with Gasteiger partial charge in [0.2, 0.25) is 0 Å². The van der Waals surface area contributed by atoms with E-state index in [1.54, 1.807) is 43.3 Å². The number of pyridine rings is 1. The standard InChI is InChI=1S/C26H32ClN3O5/c1-15(20-11-19(27)6-7-28-20)8-23-29-21-9-18(10-22(33-5)24(21)35-23)25(32)30-14-26(4,12-17(3)31)34-13-16(30)2/h6-7,9-11,15-17,31H,8,12-14H2,1-5H3/t15?,16-,17?,26?/m1/s1. The van der Waals surface area contributed by atoms with Crippen molar-refractivity contribution < 1.29 is 23.8 Å². The van der Waals surface area contributed by atoms with Crippen LogP contribution in [0.4, 0.5) is 0 Å². The number of carbonyl (C=O) groups is 1. The lowest BCUT2D eigenvalue weighted by Gasteiger charge is -2.44. The molecule has 2 aromatic heterocycles. The van der Waals surface area contributed by atoms with E-state index in [4.69, 9.17) is 25.5 Å². The zero-order valence-corrected chi connectivity index (χ0v) is 21.5. The van der Waals surface area contributed by atoms with E-state index in [0.29, 0.717) is 59.3 Å². The number of methoxy groups -OCH3 is 1. The number of fused-ring (bicyclic) bond motifs is 1. The molecule has 0 aliphatic carbocycles. The first-order valence-corrected chi connectivity index (χ1v) is 12.2. The monoisotopic (exact) mass is 501 g/mol. The summed E-state index contributed by atoms with van der Waals surface area (Å²) in [4.78, 5) is 24.4. The number of halogens is 1. The van der Waals surface area contributed by atoms with Crippen molar-refractivity contribution in [1.82, 2.24) is 14.9 Å². The Balaban J connectivity index is 1.60. The van der Waals surface area contributed by atoms with Crippen molar-refractivity contribution in [1.29, 1.82) is 0 Å². The van der Waals surface area contributed by atoms with Crippen LogP contribution in [0.3, 0.4) is 0 Å². The van der Waals surface area contributed by atoms with Gasteiger partial charge in [-0.2, -0.15) is 0 Å². The number of oxazole rings is 1. The Morgan fingerprint density at radius 3 is 2.83 bits per heavy atom. The summed E-state index contributed by atoms with van der Waals surface area (Å²) < 4.78 is 17.6. The van der Waals surface area contributed by atoms with E-state index in [0.717, 1.165) is 5.69 Å². The summed E-state index contributed by atoms with van der Waals surface area (Å²) in [7, 11) is 1.54. The molecule has 0 spiro atoms. The Kier molecular flexibility index (Phi) is 7.35. The highest BCUT2D eigenvalue weighted by molar-refractivity contribution is 6.30. The predicted octanol–water partition coefficient (Wildman–Crippen LogP) is 4.62. The van der Waals surface area contributed by atoms with Crippen LogP contribution >= 0.6 is 11.6 Å². The summed E-state index contributed by atoms with van der Waals surface area (Å²) in [5.41, 5.74) is 1.76. The first-order chi connectivity index (χ1) is 16.6. The number of hydrogen-bond acceptors (Lipinski definition) is 7. The molecular weight excluding hydrogens is 470 g/mol. The number of aliphatic hydroxyl groups is 1. The number of aliphatic hydroxyl groups excluding tert-OH is 1. The molecule has 1 amide bonds. The molecule has 0 saturated carbocycles. The van der Waals surface area contributed by atoms with Crippen LogP contribution in [0.15, 0.2) is 34.9 Å². The Morgan fingerprint density at radius 2 is 2.14 bits per heavy atom. The van der Waals surface area contributed by atoms with Gasteiger partial charge in [-0.05, 0) is 45.0 Å². The van der Waals surface area contributed by atoms with Crippen LogP contribution in [-0.4, -0.2) is 63.9 Å². The fourth-order valence-corrected chi connectivity index (χ4v) is 4.80. The zero-order valence-electron chi connectivity index (χ0n) is 20.7. The summed E-state index contributed by atoms with van der Waals surface area (Å²) in [5.74, 6) is 0.876. The van der Waals surface area contributed by atoms with Gasteiger partial charge in [0.1, 0.15) is 5.52 Å². The van der Waals surface area contributed by atoms with Gasteiger partial charge in [0.25, 0.3) is 5.91 Å². The fraction of sp³-hybridized carbons (Fsp3) is 0.500. The molecule has 1 aliphatic rings. The van der Waals surface area contributed by atoms with Crippen molar-refractivity contribution in [2.45, 2.75) is 64.2 Å². The number of carbonyl (C=O) groups excluding carboxylic acids is 1. The summed E-state index contributed by atoms with van der Waals surface area (Å²) in [6.07, 6.45) is 2.12. The molecular formula is C26H32ClN3O5. The summed E-state index contributed by atoms with van der Waals surface area (Å²) in [6, 6.07) is 6.90. The van der Waals surface area contributed by atoms with Crippen molar-refractivity contribution in [2.75, 3.05) is 20.3 Å². The predicted molar refractivity (Wildman–Crippen MR) is 133 cm³/mol.